The first-order chi connectivity index (χ1) is 10.1. The second-order valence-electron chi connectivity index (χ2n) is 5.89. The Hall–Kier alpha value is -1.68. The van der Waals surface area contributed by atoms with Gasteiger partial charge in [-0.15, -0.1) is 0 Å². The lowest BCUT2D eigenvalue weighted by Crippen LogP contribution is -2.19. The number of hydrogen-bond donors (Lipinski definition) is 1. The van der Waals surface area contributed by atoms with Crippen molar-refractivity contribution in [3.8, 4) is 0 Å². The van der Waals surface area contributed by atoms with Crippen LogP contribution >= 0.6 is 0 Å². The van der Waals surface area contributed by atoms with Gasteiger partial charge >= 0.3 is 0 Å². The second kappa shape index (κ2) is 7.36. The third-order valence-corrected chi connectivity index (χ3v) is 4.29. The van der Waals surface area contributed by atoms with Crippen LogP contribution in [0, 0.1) is 23.0 Å². The molecule has 4 nitrogen and oxygen atoms in total. The molecule has 0 radical (unpaired) electrons. The minimum absolute atomic E-state index is 0.205. The Morgan fingerprint density at radius 2 is 2.10 bits per heavy atom. The maximum Gasteiger partial charge on any atom is 0.272 e. The number of nitro benzene ring substituents is 1. The van der Waals surface area contributed by atoms with Crippen LogP contribution < -0.4 is 5.32 Å². The van der Waals surface area contributed by atoms with Gasteiger partial charge in [0.05, 0.1) is 4.92 Å². The predicted molar refractivity (Wildman–Crippen MR) is 86.3 cm³/mol. The molecule has 0 atom stereocenters. The lowest BCUT2D eigenvalue weighted by atomic mass is 9.83. The molecule has 1 aromatic carbocycles. The molecule has 114 valence electrons. The van der Waals surface area contributed by atoms with Crippen molar-refractivity contribution < 1.29 is 4.92 Å². The highest BCUT2D eigenvalue weighted by Gasteiger charge is 2.18. The summed E-state index contributed by atoms with van der Waals surface area (Å²) in [5.74, 6) is 0.617. The lowest BCUT2D eigenvalue weighted by molar-refractivity contribution is -0.385. The number of aryl methyl sites for hydroxylation is 1. The molecule has 0 spiro atoms. The van der Waals surface area contributed by atoms with Crippen LogP contribution in [0.4, 0.5) is 5.69 Å². The molecule has 2 rings (SSSR count). The number of nitro groups is 1. The molecule has 0 aromatic heterocycles. The van der Waals surface area contributed by atoms with E-state index in [1.165, 1.54) is 37.7 Å². The average molecular weight is 288 g/mol. The van der Waals surface area contributed by atoms with Crippen molar-refractivity contribution in [2.24, 2.45) is 5.92 Å². The SMILES string of the molecule is CNC/C(=C/c1ccc(C)c([N+](=O)[O-])c1)C1CCCCC1. The predicted octanol–water partition coefficient (Wildman–Crippen LogP) is 4.09. The number of rotatable bonds is 5. The van der Waals surface area contributed by atoms with Crippen LogP contribution in [-0.2, 0) is 0 Å². The summed E-state index contributed by atoms with van der Waals surface area (Å²) in [7, 11) is 1.95. The van der Waals surface area contributed by atoms with Crippen molar-refractivity contribution in [3.63, 3.8) is 0 Å². The normalized spacial score (nSPS) is 17.0. The molecule has 21 heavy (non-hydrogen) atoms. The maximum absolute atomic E-state index is 11.1. The summed E-state index contributed by atoms with van der Waals surface area (Å²) in [6.45, 7) is 2.63. The molecule has 1 aromatic rings. The van der Waals surface area contributed by atoms with Crippen LogP contribution in [0.2, 0.25) is 0 Å². The third-order valence-electron chi connectivity index (χ3n) is 4.29. The topological polar surface area (TPSA) is 55.2 Å². The number of benzene rings is 1. The van der Waals surface area contributed by atoms with Crippen LogP contribution in [-0.4, -0.2) is 18.5 Å². The molecule has 0 saturated heterocycles. The molecule has 0 heterocycles. The first-order valence-electron chi connectivity index (χ1n) is 7.72. The van der Waals surface area contributed by atoms with Crippen LogP contribution in [0.5, 0.6) is 0 Å². The molecule has 1 saturated carbocycles. The summed E-state index contributed by atoms with van der Waals surface area (Å²) in [5.41, 5.74) is 3.22. The largest absolute Gasteiger partial charge is 0.316 e. The number of likely N-dealkylation sites (N-methyl/N-ethyl adjacent to an activating group) is 1. The van der Waals surface area contributed by atoms with Gasteiger partial charge in [0, 0.05) is 18.2 Å². The summed E-state index contributed by atoms with van der Waals surface area (Å²) >= 11 is 0. The van der Waals surface area contributed by atoms with Gasteiger partial charge in [-0.05, 0) is 38.3 Å². The molecular weight excluding hydrogens is 264 g/mol. The molecule has 0 unspecified atom stereocenters. The molecule has 1 fully saturated rings. The Bertz CT molecular complexity index is 532. The Morgan fingerprint density at radius 3 is 2.71 bits per heavy atom. The zero-order valence-corrected chi connectivity index (χ0v) is 12.9. The van der Waals surface area contributed by atoms with E-state index < -0.39 is 0 Å². The Morgan fingerprint density at radius 1 is 1.38 bits per heavy atom. The lowest BCUT2D eigenvalue weighted by Gasteiger charge is -2.24. The van der Waals surface area contributed by atoms with Crippen LogP contribution in [0.3, 0.4) is 0 Å². The molecule has 1 aliphatic carbocycles. The highest BCUT2D eigenvalue weighted by molar-refractivity contribution is 5.59. The summed E-state index contributed by atoms with van der Waals surface area (Å²) < 4.78 is 0. The van der Waals surface area contributed by atoms with E-state index in [0.29, 0.717) is 11.5 Å². The molecule has 0 aliphatic heterocycles. The number of nitrogens with zero attached hydrogens (tertiary/aromatic N) is 1. The van der Waals surface area contributed by atoms with Gasteiger partial charge in [-0.2, -0.15) is 0 Å². The molecular formula is C17H24N2O2. The Labute approximate surface area is 126 Å². The third kappa shape index (κ3) is 4.14. The van der Waals surface area contributed by atoms with Gasteiger partial charge in [-0.3, -0.25) is 10.1 Å². The van der Waals surface area contributed by atoms with E-state index in [9.17, 15) is 10.1 Å². The van der Waals surface area contributed by atoms with Crippen molar-refractivity contribution in [2.75, 3.05) is 13.6 Å². The average Bonchev–Trinajstić information content (AvgIpc) is 2.49. The van der Waals surface area contributed by atoms with Crippen molar-refractivity contribution in [1.29, 1.82) is 0 Å². The van der Waals surface area contributed by atoms with Gasteiger partial charge in [-0.1, -0.05) is 43.0 Å². The quantitative estimate of drug-likeness (QED) is 0.656. The maximum atomic E-state index is 11.1. The van der Waals surface area contributed by atoms with Crippen molar-refractivity contribution in [3.05, 3.63) is 45.0 Å². The van der Waals surface area contributed by atoms with Gasteiger partial charge < -0.3 is 5.32 Å². The Balaban J connectivity index is 2.28. The van der Waals surface area contributed by atoms with Crippen LogP contribution in [0.25, 0.3) is 6.08 Å². The van der Waals surface area contributed by atoms with Gasteiger partial charge in [0.25, 0.3) is 5.69 Å². The number of hydrogen-bond acceptors (Lipinski definition) is 3. The molecule has 4 heteroatoms. The van der Waals surface area contributed by atoms with Crippen LogP contribution in [0.1, 0.15) is 43.2 Å². The first-order valence-corrected chi connectivity index (χ1v) is 7.72. The summed E-state index contributed by atoms with van der Waals surface area (Å²) in [5, 5.41) is 14.3. The fraction of sp³-hybridized carbons (Fsp3) is 0.529. The van der Waals surface area contributed by atoms with E-state index in [-0.39, 0.29) is 10.6 Å². The highest BCUT2D eigenvalue weighted by atomic mass is 16.6. The van der Waals surface area contributed by atoms with E-state index >= 15 is 0 Å². The highest BCUT2D eigenvalue weighted by Crippen LogP contribution is 2.31. The fourth-order valence-corrected chi connectivity index (χ4v) is 3.12. The zero-order chi connectivity index (χ0) is 15.2. The molecule has 1 N–H and O–H groups in total. The Kier molecular flexibility index (Phi) is 5.51. The summed E-state index contributed by atoms with van der Waals surface area (Å²) in [6.07, 6.45) is 8.53. The van der Waals surface area contributed by atoms with Crippen molar-refractivity contribution in [2.45, 2.75) is 39.0 Å². The monoisotopic (exact) mass is 288 g/mol. The van der Waals surface area contributed by atoms with Gasteiger partial charge in [0.15, 0.2) is 0 Å². The van der Waals surface area contributed by atoms with Crippen molar-refractivity contribution >= 4 is 11.8 Å². The smallest absolute Gasteiger partial charge is 0.272 e. The van der Waals surface area contributed by atoms with Gasteiger partial charge in [0.2, 0.25) is 0 Å². The van der Waals surface area contributed by atoms with Crippen LogP contribution in [0.15, 0.2) is 23.8 Å². The number of nitrogens with one attached hydrogen (secondary N) is 1. The second-order valence-corrected chi connectivity index (χ2v) is 5.89. The minimum atomic E-state index is -0.301. The summed E-state index contributed by atoms with van der Waals surface area (Å²) in [6, 6.07) is 5.50. The standard InChI is InChI=1S/C17H24N2O2/c1-13-8-9-14(11-17(13)19(20)21)10-16(12-18-2)15-6-4-3-5-7-15/h8-11,15,18H,3-7,12H2,1-2H3/b16-10-. The first kappa shape index (κ1) is 15.7. The molecule has 0 amide bonds. The zero-order valence-electron chi connectivity index (χ0n) is 12.9. The summed E-state index contributed by atoms with van der Waals surface area (Å²) in [4.78, 5) is 10.8. The fourth-order valence-electron chi connectivity index (χ4n) is 3.12. The van der Waals surface area contributed by atoms with Gasteiger partial charge in [0.1, 0.15) is 0 Å². The van der Waals surface area contributed by atoms with E-state index in [2.05, 4.69) is 11.4 Å². The van der Waals surface area contributed by atoms with E-state index in [0.717, 1.165) is 12.1 Å². The van der Waals surface area contributed by atoms with E-state index in [1.54, 1.807) is 13.0 Å². The molecule has 1 aliphatic rings. The minimum Gasteiger partial charge on any atom is -0.316 e. The van der Waals surface area contributed by atoms with E-state index in [4.69, 9.17) is 0 Å². The molecule has 0 bridgehead atoms. The van der Waals surface area contributed by atoms with E-state index in [1.807, 2.05) is 19.2 Å². The van der Waals surface area contributed by atoms with Crippen molar-refractivity contribution in [1.82, 2.24) is 5.32 Å². The van der Waals surface area contributed by atoms with Gasteiger partial charge in [-0.25, -0.2) is 0 Å².